The Balaban J connectivity index is 1.38. The molecule has 0 N–H and O–H groups in total. The van der Waals surface area contributed by atoms with Gasteiger partial charge in [0, 0.05) is 5.56 Å². The largest absolute Gasteiger partial charge is 0.494 e. The SMILES string of the molecule is CCCCCC1CCC(CC/C=C/C2CC=C(c3ccc(OC)c(F)c3F)CC2)CC1. The van der Waals surface area contributed by atoms with E-state index in [9.17, 15) is 8.78 Å². The Morgan fingerprint density at radius 1 is 0.968 bits per heavy atom. The average Bonchev–Trinajstić information content (AvgIpc) is 2.80. The molecule has 2 aliphatic carbocycles. The number of ether oxygens (including phenoxy) is 1. The van der Waals surface area contributed by atoms with E-state index < -0.39 is 11.6 Å². The molecule has 0 radical (unpaired) electrons. The average molecular weight is 431 g/mol. The van der Waals surface area contributed by atoms with Crippen molar-refractivity contribution < 1.29 is 13.5 Å². The molecule has 0 spiro atoms. The van der Waals surface area contributed by atoms with Gasteiger partial charge in [-0.05, 0) is 67.6 Å². The van der Waals surface area contributed by atoms with Crippen LogP contribution in [0.2, 0.25) is 0 Å². The molecule has 0 saturated heterocycles. The van der Waals surface area contributed by atoms with Gasteiger partial charge in [0.2, 0.25) is 5.82 Å². The van der Waals surface area contributed by atoms with Gasteiger partial charge >= 0.3 is 0 Å². The fourth-order valence-electron chi connectivity index (χ4n) is 5.32. The molecule has 3 rings (SSSR count). The molecular formula is C28H40F2O. The zero-order valence-electron chi connectivity index (χ0n) is 19.5. The number of allylic oxidation sites excluding steroid dienone is 4. The van der Waals surface area contributed by atoms with Crippen molar-refractivity contribution in [3.05, 3.63) is 47.6 Å². The van der Waals surface area contributed by atoms with Crippen molar-refractivity contribution in [3.63, 3.8) is 0 Å². The van der Waals surface area contributed by atoms with Crippen molar-refractivity contribution in [1.29, 1.82) is 0 Å². The number of benzene rings is 1. The van der Waals surface area contributed by atoms with E-state index in [1.54, 1.807) is 6.07 Å². The van der Waals surface area contributed by atoms with Crippen molar-refractivity contribution in [1.82, 2.24) is 0 Å². The zero-order chi connectivity index (χ0) is 22.1. The minimum atomic E-state index is -0.891. The number of hydrogen-bond acceptors (Lipinski definition) is 1. The van der Waals surface area contributed by atoms with Crippen molar-refractivity contribution >= 4 is 5.57 Å². The van der Waals surface area contributed by atoms with Gasteiger partial charge in [-0.25, -0.2) is 4.39 Å². The summed E-state index contributed by atoms with van der Waals surface area (Å²) in [5.74, 6) is 0.702. The fourth-order valence-corrected chi connectivity index (χ4v) is 5.32. The molecule has 1 atom stereocenters. The molecule has 0 aliphatic heterocycles. The van der Waals surface area contributed by atoms with Crippen molar-refractivity contribution in [3.8, 4) is 5.75 Å². The van der Waals surface area contributed by atoms with Gasteiger partial charge < -0.3 is 4.74 Å². The summed E-state index contributed by atoms with van der Waals surface area (Å²) in [6.45, 7) is 2.29. The van der Waals surface area contributed by atoms with Crippen molar-refractivity contribution in [2.45, 2.75) is 90.4 Å². The first-order valence-corrected chi connectivity index (χ1v) is 12.5. The number of rotatable bonds is 10. The van der Waals surface area contributed by atoms with Gasteiger partial charge in [0.05, 0.1) is 7.11 Å². The third kappa shape index (κ3) is 6.92. The van der Waals surface area contributed by atoms with Crippen LogP contribution in [0.4, 0.5) is 8.78 Å². The number of halogens is 2. The van der Waals surface area contributed by atoms with E-state index >= 15 is 0 Å². The summed E-state index contributed by atoms with van der Waals surface area (Å²) in [5, 5.41) is 0. The monoisotopic (exact) mass is 430 g/mol. The van der Waals surface area contributed by atoms with Gasteiger partial charge in [-0.1, -0.05) is 76.5 Å². The van der Waals surface area contributed by atoms with Crippen LogP contribution in [0.1, 0.15) is 96.0 Å². The molecule has 172 valence electrons. The van der Waals surface area contributed by atoms with Gasteiger partial charge in [-0.15, -0.1) is 0 Å². The van der Waals surface area contributed by atoms with E-state index in [1.807, 2.05) is 0 Å². The Labute approximate surface area is 188 Å². The van der Waals surface area contributed by atoms with E-state index in [-0.39, 0.29) is 5.75 Å². The predicted octanol–water partition coefficient (Wildman–Crippen LogP) is 8.88. The fraction of sp³-hybridized carbons (Fsp3) is 0.643. The van der Waals surface area contributed by atoms with E-state index in [0.717, 1.165) is 36.7 Å². The lowest BCUT2D eigenvalue weighted by atomic mass is 9.78. The van der Waals surface area contributed by atoms with Gasteiger partial charge in [0.1, 0.15) is 0 Å². The molecule has 31 heavy (non-hydrogen) atoms. The summed E-state index contributed by atoms with van der Waals surface area (Å²) >= 11 is 0. The quantitative estimate of drug-likeness (QED) is 0.266. The van der Waals surface area contributed by atoms with Crippen LogP contribution in [0.5, 0.6) is 5.75 Å². The Hall–Kier alpha value is -1.64. The third-order valence-corrected chi connectivity index (χ3v) is 7.40. The minimum Gasteiger partial charge on any atom is -0.494 e. The second-order valence-electron chi connectivity index (χ2n) is 9.60. The number of hydrogen-bond donors (Lipinski definition) is 0. The number of unbranched alkanes of at least 4 members (excludes halogenated alkanes) is 2. The molecule has 2 aliphatic rings. The molecule has 1 fully saturated rings. The molecular weight excluding hydrogens is 390 g/mol. The molecule has 0 amide bonds. The van der Waals surface area contributed by atoms with E-state index in [4.69, 9.17) is 4.74 Å². The summed E-state index contributed by atoms with van der Waals surface area (Å²) < 4.78 is 33.2. The third-order valence-electron chi connectivity index (χ3n) is 7.40. The topological polar surface area (TPSA) is 9.23 Å². The second-order valence-corrected chi connectivity index (χ2v) is 9.60. The Bertz CT molecular complexity index is 744. The summed E-state index contributed by atoms with van der Waals surface area (Å²) in [6.07, 6.45) is 23.3. The molecule has 0 aromatic heterocycles. The molecule has 1 saturated carbocycles. The van der Waals surface area contributed by atoms with Crippen LogP contribution >= 0.6 is 0 Å². The van der Waals surface area contributed by atoms with Crippen molar-refractivity contribution in [2.24, 2.45) is 17.8 Å². The summed E-state index contributed by atoms with van der Waals surface area (Å²) in [5.41, 5.74) is 1.30. The lowest BCUT2D eigenvalue weighted by Crippen LogP contribution is -2.14. The molecule has 0 heterocycles. The van der Waals surface area contributed by atoms with Gasteiger partial charge in [-0.2, -0.15) is 4.39 Å². The molecule has 1 aromatic rings. The van der Waals surface area contributed by atoms with E-state index in [2.05, 4.69) is 25.2 Å². The number of methoxy groups -OCH3 is 1. The summed E-state index contributed by atoms with van der Waals surface area (Å²) in [7, 11) is 1.36. The second kappa shape index (κ2) is 12.4. The summed E-state index contributed by atoms with van der Waals surface area (Å²) in [6, 6.07) is 3.15. The Morgan fingerprint density at radius 2 is 1.71 bits per heavy atom. The zero-order valence-corrected chi connectivity index (χ0v) is 19.5. The first-order chi connectivity index (χ1) is 15.1. The normalized spacial score (nSPS) is 24.4. The summed E-state index contributed by atoms with van der Waals surface area (Å²) in [4.78, 5) is 0. The Kier molecular flexibility index (Phi) is 9.61. The van der Waals surface area contributed by atoms with E-state index in [1.165, 1.54) is 77.4 Å². The highest BCUT2D eigenvalue weighted by Crippen LogP contribution is 2.36. The molecule has 1 unspecified atom stereocenters. The molecule has 1 nitrogen and oxygen atoms in total. The van der Waals surface area contributed by atoms with Crippen LogP contribution in [0.25, 0.3) is 5.57 Å². The van der Waals surface area contributed by atoms with E-state index in [0.29, 0.717) is 11.5 Å². The van der Waals surface area contributed by atoms with Gasteiger partial charge in [0.25, 0.3) is 0 Å². The lowest BCUT2D eigenvalue weighted by molar-refractivity contribution is 0.250. The van der Waals surface area contributed by atoms with Crippen LogP contribution in [0.3, 0.4) is 0 Å². The Morgan fingerprint density at radius 3 is 2.35 bits per heavy atom. The maximum Gasteiger partial charge on any atom is 0.201 e. The van der Waals surface area contributed by atoms with Crippen LogP contribution in [0.15, 0.2) is 30.4 Å². The predicted molar refractivity (Wildman–Crippen MR) is 126 cm³/mol. The van der Waals surface area contributed by atoms with Gasteiger partial charge in [-0.3, -0.25) is 0 Å². The van der Waals surface area contributed by atoms with Crippen LogP contribution in [-0.4, -0.2) is 7.11 Å². The lowest BCUT2D eigenvalue weighted by Gasteiger charge is -2.28. The highest BCUT2D eigenvalue weighted by molar-refractivity contribution is 5.67. The van der Waals surface area contributed by atoms with Gasteiger partial charge in [0.15, 0.2) is 11.6 Å². The smallest absolute Gasteiger partial charge is 0.201 e. The van der Waals surface area contributed by atoms with Crippen LogP contribution in [0, 0.1) is 29.4 Å². The molecule has 1 aromatic carbocycles. The van der Waals surface area contributed by atoms with Crippen LogP contribution in [-0.2, 0) is 0 Å². The maximum absolute atomic E-state index is 14.3. The minimum absolute atomic E-state index is 0.0385. The first-order valence-electron chi connectivity index (χ1n) is 12.5. The maximum atomic E-state index is 14.3. The standard InChI is InChI=1S/C28H40F2O/c1-3-4-5-8-21-11-13-22(14-12-21)9-6-7-10-23-15-17-24(18-16-23)25-19-20-26(31-2)28(30)27(25)29/h7,10,17,19-23H,3-6,8-9,11-16,18H2,1-2H3/b10-7+. The van der Waals surface area contributed by atoms with Crippen LogP contribution < -0.4 is 4.74 Å². The molecule has 3 heteroatoms. The molecule has 0 bridgehead atoms. The highest BCUT2D eigenvalue weighted by atomic mass is 19.2. The highest BCUT2D eigenvalue weighted by Gasteiger charge is 2.21. The van der Waals surface area contributed by atoms with Crippen molar-refractivity contribution in [2.75, 3.05) is 7.11 Å². The first kappa shape index (κ1) is 24.0.